The molecule has 1 saturated carbocycles. The van der Waals surface area contributed by atoms with Crippen molar-refractivity contribution in [3.8, 4) is 0 Å². The lowest BCUT2D eigenvalue weighted by Crippen LogP contribution is -2.28. The maximum absolute atomic E-state index is 5.43. The van der Waals surface area contributed by atoms with Gasteiger partial charge in [-0.1, -0.05) is 19.6 Å². The van der Waals surface area contributed by atoms with Crippen LogP contribution in [0.2, 0.25) is 25.7 Å². The Labute approximate surface area is 83.9 Å². The number of rotatable bonds is 3. The maximum atomic E-state index is 5.43. The van der Waals surface area contributed by atoms with Crippen LogP contribution in [0.15, 0.2) is 0 Å². The van der Waals surface area contributed by atoms with Crippen molar-refractivity contribution in [2.75, 3.05) is 7.11 Å². The second-order valence-corrected chi connectivity index (χ2v) is 10.9. The summed E-state index contributed by atoms with van der Waals surface area (Å²) in [5.74, 6) is 1.78. The molecule has 0 aliphatic heterocycles. The lowest BCUT2D eigenvalue weighted by molar-refractivity contribution is 0.0777. The van der Waals surface area contributed by atoms with E-state index in [-0.39, 0.29) is 0 Å². The van der Waals surface area contributed by atoms with E-state index in [1.54, 1.807) is 5.92 Å². The fraction of sp³-hybridized carbons (Fsp3) is 0.909. The molecule has 0 heterocycles. The fourth-order valence-corrected chi connectivity index (χ4v) is 4.04. The molecule has 0 amide bonds. The van der Waals surface area contributed by atoms with E-state index in [1.807, 2.05) is 7.11 Å². The summed E-state index contributed by atoms with van der Waals surface area (Å²) in [6, 6.07) is 1.41. The molecule has 0 saturated heterocycles. The second kappa shape index (κ2) is 4.51. The molecule has 1 aliphatic rings. The quantitative estimate of drug-likeness (QED) is 0.499. The molecule has 0 aromatic rings. The van der Waals surface area contributed by atoms with Gasteiger partial charge in [0.2, 0.25) is 0 Å². The standard InChI is InChI=1S/C11H23OSi/c1-12-11-7-5-6-10(8-11)9-13(2,3)4/h11H,5-9H2,1-4H3/q+1. The minimum Gasteiger partial charge on any atom is -0.377 e. The largest absolute Gasteiger partial charge is 0.377 e. The van der Waals surface area contributed by atoms with E-state index in [4.69, 9.17) is 4.74 Å². The molecular weight excluding hydrogens is 176 g/mol. The van der Waals surface area contributed by atoms with Crippen LogP contribution < -0.4 is 0 Å². The average Bonchev–Trinajstić information content (AvgIpc) is 2.01. The van der Waals surface area contributed by atoms with Crippen LogP contribution in [0.1, 0.15) is 25.7 Å². The van der Waals surface area contributed by atoms with E-state index in [1.165, 1.54) is 31.7 Å². The van der Waals surface area contributed by atoms with Gasteiger partial charge in [0, 0.05) is 7.11 Å². The summed E-state index contributed by atoms with van der Waals surface area (Å²) in [6.07, 6.45) is 5.75. The zero-order chi connectivity index (χ0) is 9.90. The Morgan fingerprint density at radius 2 is 2.08 bits per heavy atom. The molecule has 2 heteroatoms. The summed E-state index contributed by atoms with van der Waals surface area (Å²) < 4.78 is 5.43. The molecule has 0 aromatic heterocycles. The average molecular weight is 199 g/mol. The van der Waals surface area contributed by atoms with Crippen molar-refractivity contribution in [3.05, 3.63) is 5.92 Å². The Kier molecular flexibility index (Phi) is 3.86. The van der Waals surface area contributed by atoms with E-state index in [2.05, 4.69) is 19.6 Å². The molecule has 1 rings (SSSR count). The smallest absolute Gasteiger partial charge is 0.116 e. The molecule has 0 bridgehead atoms. The Balaban J connectivity index is 2.34. The summed E-state index contributed by atoms with van der Waals surface area (Å²) >= 11 is 0. The van der Waals surface area contributed by atoms with Gasteiger partial charge in [-0.05, 0) is 12.8 Å². The maximum Gasteiger partial charge on any atom is 0.116 e. The molecule has 0 aromatic carbocycles. The van der Waals surface area contributed by atoms with Crippen LogP contribution >= 0.6 is 0 Å². The van der Waals surface area contributed by atoms with E-state index >= 15 is 0 Å². The van der Waals surface area contributed by atoms with Crippen LogP contribution in [0, 0.1) is 5.92 Å². The van der Waals surface area contributed by atoms with Crippen molar-refractivity contribution < 1.29 is 4.74 Å². The van der Waals surface area contributed by atoms with Crippen molar-refractivity contribution in [2.45, 2.75) is 57.5 Å². The minimum absolute atomic E-state index is 0.528. The lowest BCUT2D eigenvalue weighted by atomic mass is 9.88. The number of hydrogen-bond acceptors (Lipinski definition) is 1. The van der Waals surface area contributed by atoms with E-state index in [0.717, 1.165) is 0 Å². The van der Waals surface area contributed by atoms with Crippen LogP contribution in [0.5, 0.6) is 0 Å². The van der Waals surface area contributed by atoms with Gasteiger partial charge >= 0.3 is 0 Å². The van der Waals surface area contributed by atoms with Gasteiger partial charge in [-0.15, -0.1) is 0 Å². The van der Waals surface area contributed by atoms with Crippen molar-refractivity contribution >= 4 is 8.07 Å². The van der Waals surface area contributed by atoms with Gasteiger partial charge in [0.25, 0.3) is 0 Å². The molecule has 1 aliphatic carbocycles. The minimum atomic E-state index is -0.880. The molecule has 0 radical (unpaired) electrons. The Morgan fingerprint density at radius 1 is 1.38 bits per heavy atom. The predicted octanol–water partition coefficient (Wildman–Crippen LogP) is 3.49. The molecule has 1 atom stereocenters. The normalized spacial score (nSPS) is 24.9. The Morgan fingerprint density at radius 3 is 2.62 bits per heavy atom. The van der Waals surface area contributed by atoms with Crippen molar-refractivity contribution in [2.24, 2.45) is 0 Å². The zero-order valence-corrected chi connectivity index (χ0v) is 10.5. The first kappa shape index (κ1) is 11.1. The summed E-state index contributed by atoms with van der Waals surface area (Å²) in [4.78, 5) is 0. The van der Waals surface area contributed by atoms with E-state index in [0.29, 0.717) is 6.10 Å². The summed E-state index contributed by atoms with van der Waals surface area (Å²) in [6.45, 7) is 7.36. The van der Waals surface area contributed by atoms with Crippen LogP contribution in [-0.4, -0.2) is 21.3 Å². The first-order valence-electron chi connectivity index (χ1n) is 5.37. The summed E-state index contributed by atoms with van der Waals surface area (Å²) in [7, 11) is 0.970. The van der Waals surface area contributed by atoms with E-state index in [9.17, 15) is 0 Å². The third-order valence-corrected chi connectivity index (χ3v) is 4.25. The molecule has 0 N–H and O–H groups in total. The summed E-state index contributed by atoms with van der Waals surface area (Å²) in [5, 5.41) is 0. The van der Waals surface area contributed by atoms with Gasteiger partial charge in [0.15, 0.2) is 0 Å². The Bertz CT molecular complexity index is 151. The van der Waals surface area contributed by atoms with E-state index < -0.39 is 8.07 Å². The van der Waals surface area contributed by atoms with Gasteiger partial charge < -0.3 is 4.74 Å². The van der Waals surface area contributed by atoms with Gasteiger partial charge in [0.1, 0.15) is 6.42 Å². The fourth-order valence-electron chi connectivity index (χ4n) is 2.22. The van der Waals surface area contributed by atoms with Crippen LogP contribution in [0.3, 0.4) is 0 Å². The molecule has 0 spiro atoms. The van der Waals surface area contributed by atoms with Crippen molar-refractivity contribution in [1.29, 1.82) is 0 Å². The van der Waals surface area contributed by atoms with Gasteiger partial charge in [-0.3, -0.25) is 0 Å². The van der Waals surface area contributed by atoms with Crippen LogP contribution in [-0.2, 0) is 4.74 Å². The molecule has 1 fully saturated rings. The van der Waals surface area contributed by atoms with Gasteiger partial charge in [-0.25, -0.2) is 0 Å². The molecular formula is C11H23OSi+. The summed E-state index contributed by atoms with van der Waals surface area (Å²) in [5.41, 5.74) is 0. The molecule has 13 heavy (non-hydrogen) atoms. The monoisotopic (exact) mass is 199 g/mol. The predicted molar refractivity (Wildman–Crippen MR) is 60.7 cm³/mol. The van der Waals surface area contributed by atoms with Crippen LogP contribution in [0.4, 0.5) is 0 Å². The zero-order valence-electron chi connectivity index (χ0n) is 9.52. The molecule has 1 nitrogen and oxygen atoms in total. The molecule has 1 unspecified atom stereocenters. The topological polar surface area (TPSA) is 9.23 Å². The number of hydrogen-bond donors (Lipinski definition) is 0. The lowest BCUT2D eigenvalue weighted by Gasteiger charge is -2.23. The first-order valence-corrected chi connectivity index (χ1v) is 9.08. The molecule has 76 valence electrons. The van der Waals surface area contributed by atoms with Crippen molar-refractivity contribution in [1.82, 2.24) is 0 Å². The third kappa shape index (κ3) is 4.18. The number of ether oxygens (including phenoxy) is 1. The van der Waals surface area contributed by atoms with Crippen molar-refractivity contribution in [3.63, 3.8) is 0 Å². The first-order chi connectivity index (χ1) is 6.01. The highest BCUT2D eigenvalue weighted by molar-refractivity contribution is 6.76. The number of methoxy groups -OCH3 is 1. The Hall–Kier alpha value is 0.0469. The van der Waals surface area contributed by atoms with Gasteiger partial charge in [-0.2, -0.15) is 0 Å². The highest BCUT2D eigenvalue weighted by Crippen LogP contribution is 2.33. The van der Waals surface area contributed by atoms with Crippen LogP contribution in [0.25, 0.3) is 0 Å². The SMILES string of the molecule is COC1CCC[C+](C[Si](C)(C)C)C1. The highest BCUT2D eigenvalue weighted by atomic mass is 28.3. The van der Waals surface area contributed by atoms with Gasteiger partial charge in [0.05, 0.1) is 32.6 Å². The second-order valence-electron chi connectivity index (χ2n) is 5.44. The highest BCUT2D eigenvalue weighted by Gasteiger charge is 2.34. The third-order valence-electron chi connectivity index (χ3n) is 2.69.